The first-order chi connectivity index (χ1) is 11.8. The van der Waals surface area contributed by atoms with E-state index in [1.165, 1.54) is 22.1 Å². The van der Waals surface area contributed by atoms with E-state index in [0.717, 1.165) is 31.7 Å². The Kier molecular flexibility index (Phi) is 4.28. The van der Waals surface area contributed by atoms with Gasteiger partial charge in [0.2, 0.25) is 0 Å². The monoisotopic (exact) mass is 317 g/mol. The third kappa shape index (κ3) is 2.93. The Bertz CT molecular complexity index is 815. The average molecular weight is 317 g/mol. The second-order valence-corrected chi connectivity index (χ2v) is 6.52. The number of pyridine rings is 1. The van der Waals surface area contributed by atoms with Crippen LogP contribution in [0.3, 0.4) is 0 Å². The van der Waals surface area contributed by atoms with Crippen molar-refractivity contribution in [3.05, 3.63) is 77.5 Å². The van der Waals surface area contributed by atoms with Crippen molar-refractivity contribution in [3.8, 4) is 0 Å². The Labute approximate surface area is 143 Å². The zero-order valence-corrected chi connectivity index (χ0v) is 14.1. The molecule has 0 amide bonds. The minimum Gasteiger partial charge on any atom is -0.314 e. The molecule has 0 saturated carbocycles. The largest absolute Gasteiger partial charge is 0.314 e. The molecule has 0 aliphatic carbocycles. The van der Waals surface area contributed by atoms with Gasteiger partial charge in [0.15, 0.2) is 0 Å². The maximum absolute atomic E-state index is 4.55. The van der Waals surface area contributed by atoms with Crippen LogP contribution in [-0.4, -0.2) is 36.1 Å². The highest BCUT2D eigenvalue weighted by molar-refractivity contribution is 5.82. The Morgan fingerprint density at radius 1 is 0.958 bits per heavy atom. The summed E-state index contributed by atoms with van der Waals surface area (Å²) in [5, 5.41) is 4.72. The smallest absolute Gasteiger partial charge is 0.0705 e. The topological polar surface area (TPSA) is 28.2 Å². The second kappa shape index (κ2) is 6.71. The van der Waals surface area contributed by atoms with Crippen LogP contribution in [0.2, 0.25) is 0 Å². The maximum atomic E-state index is 4.55. The molecular formula is C21H23N3. The van der Waals surface area contributed by atoms with Crippen LogP contribution in [0.25, 0.3) is 10.9 Å². The van der Waals surface area contributed by atoms with Gasteiger partial charge in [-0.15, -0.1) is 0 Å². The SMILES string of the molecule is Cc1ccc(C(c2ccnc3ccccc23)N2CCNCC2)cc1. The average Bonchev–Trinajstić information content (AvgIpc) is 2.65. The molecule has 1 aromatic heterocycles. The first kappa shape index (κ1) is 15.3. The lowest BCUT2D eigenvalue weighted by Crippen LogP contribution is -2.45. The summed E-state index contributed by atoms with van der Waals surface area (Å²) >= 11 is 0. The zero-order valence-electron chi connectivity index (χ0n) is 14.1. The van der Waals surface area contributed by atoms with Crippen LogP contribution in [0.4, 0.5) is 0 Å². The van der Waals surface area contributed by atoms with Gasteiger partial charge < -0.3 is 5.32 Å². The molecule has 2 aromatic carbocycles. The molecular weight excluding hydrogens is 294 g/mol. The summed E-state index contributed by atoms with van der Waals surface area (Å²) in [7, 11) is 0. The summed E-state index contributed by atoms with van der Waals surface area (Å²) in [5.41, 5.74) is 5.09. The minimum absolute atomic E-state index is 0.278. The van der Waals surface area contributed by atoms with Crippen LogP contribution in [0.15, 0.2) is 60.8 Å². The number of nitrogens with one attached hydrogen (secondary N) is 1. The standard InChI is InChI=1S/C21H23N3/c1-16-6-8-17(9-7-16)21(24-14-12-22-13-15-24)19-10-11-23-20-5-3-2-4-18(19)20/h2-11,21-22H,12-15H2,1H3. The number of aryl methyl sites for hydroxylation is 1. The molecule has 0 spiro atoms. The molecule has 24 heavy (non-hydrogen) atoms. The van der Waals surface area contributed by atoms with Gasteiger partial charge in [0.05, 0.1) is 11.6 Å². The number of rotatable bonds is 3. The van der Waals surface area contributed by atoms with E-state index in [1.54, 1.807) is 0 Å². The zero-order chi connectivity index (χ0) is 16.4. The first-order valence-corrected chi connectivity index (χ1v) is 8.68. The van der Waals surface area contributed by atoms with Gasteiger partial charge in [-0.25, -0.2) is 0 Å². The Balaban J connectivity index is 1.86. The lowest BCUT2D eigenvalue weighted by atomic mass is 9.93. The molecule has 2 heterocycles. The van der Waals surface area contributed by atoms with E-state index in [1.807, 2.05) is 6.20 Å². The number of nitrogens with zero attached hydrogens (tertiary/aromatic N) is 2. The summed E-state index contributed by atoms with van der Waals surface area (Å²) in [5.74, 6) is 0. The van der Waals surface area contributed by atoms with Gasteiger partial charge in [0.1, 0.15) is 0 Å². The van der Waals surface area contributed by atoms with Crippen LogP contribution in [-0.2, 0) is 0 Å². The van der Waals surface area contributed by atoms with Crippen LogP contribution in [0, 0.1) is 6.92 Å². The number of para-hydroxylation sites is 1. The molecule has 3 aromatic rings. The highest BCUT2D eigenvalue weighted by atomic mass is 15.2. The molecule has 1 saturated heterocycles. The van der Waals surface area contributed by atoms with E-state index in [-0.39, 0.29) is 6.04 Å². The summed E-state index contributed by atoms with van der Waals surface area (Å²) in [6.45, 7) is 6.37. The van der Waals surface area contributed by atoms with E-state index in [4.69, 9.17) is 0 Å². The van der Waals surface area contributed by atoms with E-state index in [9.17, 15) is 0 Å². The molecule has 1 aliphatic rings. The number of hydrogen-bond acceptors (Lipinski definition) is 3. The number of piperazine rings is 1. The van der Waals surface area contributed by atoms with E-state index < -0.39 is 0 Å². The van der Waals surface area contributed by atoms with E-state index in [0.29, 0.717) is 0 Å². The lowest BCUT2D eigenvalue weighted by molar-refractivity contribution is 0.199. The van der Waals surface area contributed by atoms with Crippen molar-refractivity contribution < 1.29 is 0 Å². The molecule has 0 radical (unpaired) electrons. The van der Waals surface area contributed by atoms with E-state index >= 15 is 0 Å². The van der Waals surface area contributed by atoms with Crippen molar-refractivity contribution in [2.24, 2.45) is 0 Å². The third-order valence-corrected chi connectivity index (χ3v) is 4.89. The van der Waals surface area contributed by atoms with Gasteiger partial charge in [-0.05, 0) is 30.2 Å². The highest BCUT2D eigenvalue weighted by Gasteiger charge is 2.25. The lowest BCUT2D eigenvalue weighted by Gasteiger charge is -2.36. The molecule has 1 fully saturated rings. The van der Waals surface area contributed by atoms with Gasteiger partial charge in [0.25, 0.3) is 0 Å². The Morgan fingerprint density at radius 2 is 1.71 bits per heavy atom. The number of benzene rings is 2. The van der Waals surface area contributed by atoms with Gasteiger partial charge in [0, 0.05) is 37.8 Å². The molecule has 3 heteroatoms. The Hall–Kier alpha value is -2.23. The highest BCUT2D eigenvalue weighted by Crippen LogP contribution is 2.33. The summed E-state index contributed by atoms with van der Waals surface area (Å²) < 4.78 is 0. The summed E-state index contributed by atoms with van der Waals surface area (Å²) in [6.07, 6.45) is 1.95. The molecule has 3 nitrogen and oxygen atoms in total. The predicted molar refractivity (Wildman–Crippen MR) is 99.2 cm³/mol. The normalized spacial score (nSPS) is 17.0. The number of aromatic nitrogens is 1. The molecule has 0 bridgehead atoms. The molecule has 4 rings (SSSR count). The quantitative estimate of drug-likeness (QED) is 0.801. The van der Waals surface area contributed by atoms with Crippen molar-refractivity contribution in [1.29, 1.82) is 0 Å². The van der Waals surface area contributed by atoms with Gasteiger partial charge >= 0.3 is 0 Å². The molecule has 1 unspecified atom stereocenters. The van der Waals surface area contributed by atoms with Crippen LogP contribution >= 0.6 is 0 Å². The van der Waals surface area contributed by atoms with Crippen molar-refractivity contribution in [1.82, 2.24) is 15.2 Å². The van der Waals surface area contributed by atoms with Gasteiger partial charge in [-0.1, -0.05) is 48.0 Å². The third-order valence-electron chi connectivity index (χ3n) is 4.89. The fraction of sp³-hybridized carbons (Fsp3) is 0.286. The maximum Gasteiger partial charge on any atom is 0.0705 e. The summed E-state index contributed by atoms with van der Waals surface area (Å²) in [6, 6.07) is 19.9. The molecule has 1 aliphatic heterocycles. The van der Waals surface area contributed by atoms with Crippen LogP contribution in [0.1, 0.15) is 22.7 Å². The minimum atomic E-state index is 0.278. The first-order valence-electron chi connectivity index (χ1n) is 8.68. The predicted octanol–water partition coefficient (Wildman–Crippen LogP) is 3.54. The molecule has 1 N–H and O–H groups in total. The van der Waals surface area contributed by atoms with Crippen molar-refractivity contribution >= 4 is 10.9 Å². The van der Waals surface area contributed by atoms with Crippen LogP contribution in [0.5, 0.6) is 0 Å². The molecule has 122 valence electrons. The van der Waals surface area contributed by atoms with Crippen molar-refractivity contribution in [2.45, 2.75) is 13.0 Å². The fourth-order valence-electron chi connectivity index (χ4n) is 3.63. The second-order valence-electron chi connectivity index (χ2n) is 6.52. The Morgan fingerprint density at radius 3 is 2.50 bits per heavy atom. The van der Waals surface area contributed by atoms with Gasteiger partial charge in [-0.2, -0.15) is 0 Å². The fourth-order valence-corrected chi connectivity index (χ4v) is 3.63. The van der Waals surface area contributed by atoms with Crippen molar-refractivity contribution in [3.63, 3.8) is 0 Å². The summed E-state index contributed by atoms with van der Waals surface area (Å²) in [4.78, 5) is 7.13. The van der Waals surface area contributed by atoms with Crippen LogP contribution < -0.4 is 5.32 Å². The molecule has 1 atom stereocenters. The van der Waals surface area contributed by atoms with Gasteiger partial charge in [-0.3, -0.25) is 9.88 Å². The van der Waals surface area contributed by atoms with E-state index in [2.05, 4.69) is 76.7 Å². The van der Waals surface area contributed by atoms with Crippen molar-refractivity contribution in [2.75, 3.05) is 26.2 Å². The number of hydrogen-bond donors (Lipinski definition) is 1. The number of fused-ring (bicyclic) bond motifs is 1.